The Labute approximate surface area is 175 Å². The minimum absolute atomic E-state index is 0.141. The van der Waals surface area contributed by atoms with E-state index < -0.39 is 0 Å². The third-order valence-corrected chi connectivity index (χ3v) is 5.01. The number of pyridine rings is 1. The van der Waals surface area contributed by atoms with Crippen LogP contribution in [0.25, 0.3) is 16.9 Å². The summed E-state index contributed by atoms with van der Waals surface area (Å²) in [6.45, 7) is 6.88. The first-order valence-corrected chi connectivity index (χ1v) is 9.98. The van der Waals surface area contributed by atoms with Gasteiger partial charge in [0.1, 0.15) is 17.1 Å². The highest BCUT2D eigenvalue weighted by Gasteiger charge is 2.15. The summed E-state index contributed by atoms with van der Waals surface area (Å²) < 4.78 is 7.64. The summed E-state index contributed by atoms with van der Waals surface area (Å²) in [7, 11) is 0. The van der Waals surface area contributed by atoms with Gasteiger partial charge in [-0.15, -0.1) is 0 Å². The number of fused-ring (bicyclic) bond motifs is 1. The van der Waals surface area contributed by atoms with E-state index in [2.05, 4.69) is 15.3 Å². The molecular weight excluding hydrogens is 376 g/mol. The quantitative estimate of drug-likeness (QED) is 0.522. The predicted octanol–water partition coefficient (Wildman–Crippen LogP) is 4.37. The number of aryl methyl sites for hydroxylation is 2. The molecule has 6 heteroatoms. The second-order valence-electron chi connectivity index (χ2n) is 7.07. The average molecular weight is 400 g/mol. The van der Waals surface area contributed by atoms with Crippen molar-refractivity contribution in [2.75, 3.05) is 6.61 Å². The number of amides is 1. The van der Waals surface area contributed by atoms with Crippen molar-refractivity contribution in [3.8, 4) is 11.4 Å². The maximum Gasteiger partial charge on any atom is 0.251 e. The van der Waals surface area contributed by atoms with Gasteiger partial charge < -0.3 is 10.1 Å². The molecule has 0 bridgehead atoms. The maximum atomic E-state index is 12.9. The Hall–Kier alpha value is -3.67. The minimum Gasteiger partial charge on any atom is -0.494 e. The maximum absolute atomic E-state index is 12.9. The van der Waals surface area contributed by atoms with Crippen LogP contribution in [-0.2, 0) is 6.54 Å². The molecule has 0 atom stereocenters. The zero-order valence-corrected chi connectivity index (χ0v) is 17.3. The molecule has 4 aromatic rings. The molecule has 0 aliphatic carbocycles. The molecule has 1 amide bonds. The first-order chi connectivity index (χ1) is 14.6. The summed E-state index contributed by atoms with van der Waals surface area (Å²) in [5.74, 6) is 1.48. The number of hydrogen-bond acceptors (Lipinski definition) is 4. The minimum atomic E-state index is -0.141. The van der Waals surface area contributed by atoms with E-state index in [1.807, 2.05) is 79.9 Å². The normalized spacial score (nSPS) is 10.9. The fourth-order valence-corrected chi connectivity index (χ4v) is 3.53. The van der Waals surface area contributed by atoms with Gasteiger partial charge in [-0.3, -0.25) is 9.36 Å². The molecule has 4 rings (SSSR count). The largest absolute Gasteiger partial charge is 0.494 e. The molecule has 2 heterocycles. The summed E-state index contributed by atoms with van der Waals surface area (Å²) in [5, 5.41) is 3.00. The monoisotopic (exact) mass is 400 g/mol. The van der Waals surface area contributed by atoms with Gasteiger partial charge in [-0.2, -0.15) is 0 Å². The van der Waals surface area contributed by atoms with E-state index >= 15 is 0 Å². The van der Waals surface area contributed by atoms with Crippen molar-refractivity contribution in [3.63, 3.8) is 0 Å². The molecule has 0 fully saturated rings. The van der Waals surface area contributed by atoms with Crippen LogP contribution in [0.3, 0.4) is 0 Å². The van der Waals surface area contributed by atoms with Gasteiger partial charge in [0.05, 0.1) is 12.3 Å². The number of rotatable bonds is 6. The molecular formula is C24H24N4O2. The van der Waals surface area contributed by atoms with Gasteiger partial charge in [0.15, 0.2) is 5.65 Å². The molecule has 0 aliphatic rings. The molecule has 6 nitrogen and oxygen atoms in total. The zero-order chi connectivity index (χ0) is 21.1. The van der Waals surface area contributed by atoms with Crippen LogP contribution >= 0.6 is 0 Å². The van der Waals surface area contributed by atoms with E-state index in [1.165, 1.54) is 0 Å². The van der Waals surface area contributed by atoms with Gasteiger partial charge in [0, 0.05) is 23.9 Å². The summed E-state index contributed by atoms with van der Waals surface area (Å²) in [6, 6.07) is 17.2. The van der Waals surface area contributed by atoms with Crippen LogP contribution < -0.4 is 10.1 Å². The second-order valence-corrected chi connectivity index (χ2v) is 7.07. The third kappa shape index (κ3) is 3.76. The Bertz CT molecular complexity index is 1210. The lowest BCUT2D eigenvalue weighted by atomic mass is 10.1. The van der Waals surface area contributed by atoms with Crippen molar-refractivity contribution < 1.29 is 9.53 Å². The molecule has 30 heavy (non-hydrogen) atoms. The lowest BCUT2D eigenvalue weighted by molar-refractivity contribution is 0.0950. The van der Waals surface area contributed by atoms with Crippen molar-refractivity contribution >= 4 is 17.1 Å². The van der Waals surface area contributed by atoms with Crippen molar-refractivity contribution in [2.45, 2.75) is 27.3 Å². The Morgan fingerprint density at radius 2 is 1.93 bits per heavy atom. The lowest BCUT2D eigenvalue weighted by Gasteiger charge is -2.13. The SMILES string of the molecule is CCOc1ccccc1CNC(=O)c1ccc(C)c(-n2c(C)nc3cccnc32)c1. The fraction of sp³-hybridized carbons (Fsp3) is 0.208. The number of imidazole rings is 1. The number of carbonyl (C=O) groups excluding carboxylic acids is 1. The van der Waals surface area contributed by atoms with Gasteiger partial charge in [-0.25, -0.2) is 9.97 Å². The molecule has 0 saturated carbocycles. The number of carbonyl (C=O) groups is 1. The number of aromatic nitrogens is 3. The number of hydrogen-bond donors (Lipinski definition) is 1. The molecule has 0 aliphatic heterocycles. The Morgan fingerprint density at radius 3 is 2.77 bits per heavy atom. The van der Waals surface area contributed by atoms with Crippen LogP contribution in [-0.4, -0.2) is 27.0 Å². The second kappa shape index (κ2) is 8.37. The van der Waals surface area contributed by atoms with Crippen molar-refractivity contribution in [1.82, 2.24) is 19.9 Å². The molecule has 152 valence electrons. The summed E-state index contributed by atoms with van der Waals surface area (Å²) in [4.78, 5) is 22.0. The number of ether oxygens (including phenoxy) is 1. The van der Waals surface area contributed by atoms with Crippen molar-refractivity contribution in [3.05, 3.63) is 83.3 Å². The van der Waals surface area contributed by atoms with Gasteiger partial charge >= 0.3 is 0 Å². The summed E-state index contributed by atoms with van der Waals surface area (Å²) >= 11 is 0. The molecule has 2 aromatic carbocycles. The predicted molar refractivity (Wildman–Crippen MR) is 117 cm³/mol. The van der Waals surface area contributed by atoms with Crippen LogP contribution in [0.5, 0.6) is 5.75 Å². The van der Waals surface area contributed by atoms with Crippen LogP contribution in [0.4, 0.5) is 0 Å². The number of nitrogens with zero attached hydrogens (tertiary/aromatic N) is 3. The van der Waals surface area contributed by atoms with E-state index in [1.54, 1.807) is 6.20 Å². The molecule has 2 aromatic heterocycles. The Balaban J connectivity index is 1.62. The zero-order valence-electron chi connectivity index (χ0n) is 17.3. The first kappa shape index (κ1) is 19.6. The Morgan fingerprint density at radius 1 is 1.10 bits per heavy atom. The fourth-order valence-electron chi connectivity index (χ4n) is 3.53. The lowest BCUT2D eigenvalue weighted by Crippen LogP contribution is -2.23. The number of nitrogens with one attached hydrogen (secondary N) is 1. The Kier molecular flexibility index (Phi) is 5.48. The van der Waals surface area contributed by atoms with E-state index in [4.69, 9.17) is 4.74 Å². The van der Waals surface area contributed by atoms with E-state index in [-0.39, 0.29) is 5.91 Å². The van der Waals surface area contributed by atoms with Gasteiger partial charge in [0.25, 0.3) is 5.91 Å². The topological polar surface area (TPSA) is 69.0 Å². The third-order valence-electron chi connectivity index (χ3n) is 5.01. The number of benzene rings is 2. The van der Waals surface area contributed by atoms with Crippen LogP contribution in [0.1, 0.15) is 34.2 Å². The first-order valence-electron chi connectivity index (χ1n) is 9.98. The highest BCUT2D eigenvalue weighted by molar-refractivity contribution is 5.95. The number of para-hydroxylation sites is 1. The smallest absolute Gasteiger partial charge is 0.251 e. The van der Waals surface area contributed by atoms with Crippen molar-refractivity contribution in [1.29, 1.82) is 0 Å². The van der Waals surface area contributed by atoms with E-state index in [9.17, 15) is 4.79 Å². The molecule has 0 spiro atoms. The molecule has 0 saturated heterocycles. The summed E-state index contributed by atoms with van der Waals surface area (Å²) in [6.07, 6.45) is 1.75. The van der Waals surface area contributed by atoms with E-state index in [0.29, 0.717) is 18.7 Å². The van der Waals surface area contributed by atoms with Crippen LogP contribution in [0.15, 0.2) is 60.8 Å². The summed E-state index contributed by atoms with van der Waals surface area (Å²) in [5.41, 5.74) is 5.08. The standard InChI is InChI=1S/C24H24N4O2/c1-4-30-22-10-6-5-8-19(22)15-26-24(29)18-12-11-16(2)21(14-18)28-17(3)27-20-9-7-13-25-23(20)28/h5-14H,4,15H2,1-3H3,(H,26,29). The van der Waals surface area contributed by atoms with Crippen LogP contribution in [0.2, 0.25) is 0 Å². The average Bonchev–Trinajstić information content (AvgIpc) is 3.09. The molecule has 0 unspecified atom stereocenters. The van der Waals surface area contributed by atoms with Gasteiger partial charge in [-0.05, 0) is 56.7 Å². The molecule has 1 N–H and O–H groups in total. The van der Waals surface area contributed by atoms with Gasteiger partial charge in [0.2, 0.25) is 0 Å². The van der Waals surface area contributed by atoms with Crippen LogP contribution in [0, 0.1) is 13.8 Å². The molecule has 0 radical (unpaired) electrons. The van der Waals surface area contributed by atoms with Crippen molar-refractivity contribution in [2.24, 2.45) is 0 Å². The van der Waals surface area contributed by atoms with Gasteiger partial charge in [-0.1, -0.05) is 24.3 Å². The highest BCUT2D eigenvalue weighted by Crippen LogP contribution is 2.23. The van der Waals surface area contributed by atoms with E-state index in [0.717, 1.165) is 39.6 Å². The highest BCUT2D eigenvalue weighted by atomic mass is 16.5.